The Morgan fingerprint density at radius 3 is 2.79 bits per heavy atom. The molecule has 2 aromatic heterocycles. The summed E-state index contributed by atoms with van der Waals surface area (Å²) >= 11 is 7.59. The Morgan fingerprint density at radius 2 is 1.92 bits per heavy atom. The Balaban J connectivity index is 1.94. The van der Waals surface area contributed by atoms with Crippen molar-refractivity contribution < 1.29 is 4.39 Å². The lowest BCUT2D eigenvalue weighted by molar-refractivity contribution is 0.627. The summed E-state index contributed by atoms with van der Waals surface area (Å²) in [5.74, 6) is -0.415. The van der Waals surface area contributed by atoms with Crippen molar-refractivity contribution in [2.45, 2.75) is 6.92 Å². The van der Waals surface area contributed by atoms with Gasteiger partial charge in [0.05, 0.1) is 26.4 Å². The quantitative estimate of drug-likeness (QED) is 0.433. The summed E-state index contributed by atoms with van der Waals surface area (Å²) in [4.78, 5) is 8.84. The smallest absolute Gasteiger partial charge is 0.142 e. The maximum absolute atomic E-state index is 13.7. The van der Waals surface area contributed by atoms with Crippen LogP contribution in [0.15, 0.2) is 54.2 Å². The van der Waals surface area contributed by atoms with Crippen molar-refractivity contribution >= 4 is 33.2 Å². The Labute approximate surface area is 147 Å². The van der Waals surface area contributed by atoms with Crippen molar-refractivity contribution in [2.75, 3.05) is 0 Å². The average molecular weight is 355 g/mol. The third kappa shape index (κ3) is 2.58. The van der Waals surface area contributed by atoms with E-state index in [2.05, 4.69) is 16.0 Å². The molecule has 118 valence electrons. The van der Waals surface area contributed by atoms with Crippen LogP contribution in [-0.2, 0) is 0 Å². The van der Waals surface area contributed by atoms with Crippen LogP contribution in [0.5, 0.6) is 0 Å². The molecule has 4 aromatic rings. The van der Waals surface area contributed by atoms with Crippen molar-refractivity contribution in [1.29, 1.82) is 0 Å². The molecule has 2 nitrogen and oxygen atoms in total. The zero-order valence-electron chi connectivity index (χ0n) is 12.8. The fraction of sp³-hybridized carbons (Fsp3) is 0.0526. The number of hydrogen-bond donors (Lipinski definition) is 0. The van der Waals surface area contributed by atoms with Gasteiger partial charge in [-0.3, -0.25) is 4.98 Å². The van der Waals surface area contributed by atoms with Gasteiger partial charge in [0.25, 0.3) is 0 Å². The van der Waals surface area contributed by atoms with Crippen LogP contribution in [0.1, 0.15) is 5.56 Å². The van der Waals surface area contributed by atoms with E-state index in [1.165, 1.54) is 6.07 Å². The summed E-state index contributed by atoms with van der Waals surface area (Å²) in [6.45, 7) is 1.86. The van der Waals surface area contributed by atoms with Gasteiger partial charge >= 0.3 is 0 Å². The van der Waals surface area contributed by atoms with Crippen molar-refractivity contribution in [1.82, 2.24) is 9.97 Å². The first-order valence-electron chi connectivity index (χ1n) is 7.38. The van der Waals surface area contributed by atoms with Gasteiger partial charge in [0.2, 0.25) is 0 Å². The second-order valence-corrected chi connectivity index (χ2v) is 6.81. The molecular formula is C19H12ClFN2S. The summed E-state index contributed by atoms with van der Waals surface area (Å²) in [6, 6.07) is 13.1. The molecule has 0 aliphatic heterocycles. The van der Waals surface area contributed by atoms with Crippen molar-refractivity contribution in [3.63, 3.8) is 0 Å². The van der Waals surface area contributed by atoms with Crippen LogP contribution >= 0.6 is 22.9 Å². The predicted molar refractivity (Wildman–Crippen MR) is 98.0 cm³/mol. The lowest BCUT2D eigenvalue weighted by Gasteiger charge is -2.12. The summed E-state index contributed by atoms with van der Waals surface area (Å²) in [5.41, 5.74) is 7.28. The van der Waals surface area contributed by atoms with Crippen LogP contribution in [0.3, 0.4) is 0 Å². The molecule has 0 saturated heterocycles. The van der Waals surface area contributed by atoms with Crippen LogP contribution in [0.2, 0.25) is 5.02 Å². The van der Waals surface area contributed by atoms with Gasteiger partial charge in [0.1, 0.15) is 5.82 Å². The number of rotatable bonds is 2. The predicted octanol–water partition coefficient (Wildman–Crippen LogP) is 6.13. The van der Waals surface area contributed by atoms with Gasteiger partial charge in [-0.1, -0.05) is 23.7 Å². The normalized spacial score (nSPS) is 11.1. The second kappa shape index (κ2) is 5.96. The minimum absolute atomic E-state index is 0.102. The van der Waals surface area contributed by atoms with Crippen LogP contribution in [-0.4, -0.2) is 9.97 Å². The highest BCUT2D eigenvalue weighted by atomic mass is 35.5. The van der Waals surface area contributed by atoms with Crippen molar-refractivity contribution in [3.05, 3.63) is 70.6 Å². The van der Waals surface area contributed by atoms with E-state index >= 15 is 0 Å². The van der Waals surface area contributed by atoms with E-state index in [0.717, 1.165) is 38.2 Å². The van der Waals surface area contributed by atoms with Gasteiger partial charge in [-0.2, -0.15) is 0 Å². The topological polar surface area (TPSA) is 25.8 Å². The molecule has 0 bridgehead atoms. The lowest BCUT2D eigenvalue weighted by atomic mass is 9.96. The molecule has 5 heteroatoms. The van der Waals surface area contributed by atoms with Crippen LogP contribution in [0.25, 0.3) is 32.6 Å². The molecule has 0 saturated carbocycles. The van der Waals surface area contributed by atoms with Crippen LogP contribution < -0.4 is 0 Å². The van der Waals surface area contributed by atoms with Gasteiger partial charge in [-0.25, -0.2) is 9.37 Å². The maximum atomic E-state index is 13.7. The standard InChI is InChI=1S/C19H12ClFN2S/c1-11-7-16(21)15(20)9-14(11)19-13(3-2-6-22-19)12-4-5-17-18(8-12)24-10-23-17/h2-10H,1H3. The molecule has 0 unspecified atom stereocenters. The number of hydrogen-bond acceptors (Lipinski definition) is 3. The van der Waals surface area contributed by atoms with Gasteiger partial charge in [-0.15, -0.1) is 11.3 Å². The third-order valence-electron chi connectivity index (χ3n) is 3.97. The molecule has 24 heavy (non-hydrogen) atoms. The highest BCUT2D eigenvalue weighted by Gasteiger charge is 2.14. The summed E-state index contributed by atoms with van der Waals surface area (Å²) in [5, 5.41) is 0.102. The molecule has 0 fully saturated rings. The maximum Gasteiger partial charge on any atom is 0.142 e. The summed E-state index contributed by atoms with van der Waals surface area (Å²) < 4.78 is 14.8. The zero-order valence-corrected chi connectivity index (χ0v) is 14.3. The van der Waals surface area contributed by atoms with Crippen molar-refractivity contribution in [3.8, 4) is 22.4 Å². The molecule has 0 radical (unpaired) electrons. The number of benzene rings is 2. The minimum Gasteiger partial charge on any atom is -0.256 e. The van der Waals surface area contributed by atoms with E-state index in [4.69, 9.17) is 11.6 Å². The molecule has 0 atom stereocenters. The monoisotopic (exact) mass is 354 g/mol. The zero-order chi connectivity index (χ0) is 16.7. The molecule has 0 amide bonds. The fourth-order valence-corrected chi connectivity index (χ4v) is 3.66. The lowest BCUT2D eigenvalue weighted by Crippen LogP contribution is -1.93. The fourth-order valence-electron chi connectivity index (χ4n) is 2.78. The summed E-state index contributed by atoms with van der Waals surface area (Å²) in [7, 11) is 0. The minimum atomic E-state index is -0.415. The van der Waals surface area contributed by atoms with Crippen LogP contribution in [0, 0.1) is 12.7 Å². The number of halogens is 2. The summed E-state index contributed by atoms with van der Waals surface area (Å²) in [6.07, 6.45) is 1.74. The average Bonchev–Trinajstić information content (AvgIpc) is 3.06. The van der Waals surface area contributed by atoms with Gasteiger partial charge in [0.15, 0.2) is 0 Å². The molecule has 4 rings (SSSR count). The Bertz CT molecular complexity index is 1060. The molecule has 2 heterocycles. The largest absolute Gasteiger partial charge is 0.256 e. The van der Waals surface area contributed by atoms with E-state index in [1.54, 1.807) is 23.6 Å². The molecule has 0 aliphatic carbocycles. The van der Waals surface area contributed by atoms with E-state index in [-0.39, 0.29) is 5.02 Å². The van der Waals surface area contributed by atoms with E-state index in [0.29, 0.717) is 0 Å². The van der Waals surface area contributed by atoms with Crippen molar-refractivity contribution in [2.24, 2.45) is 0 Å². The molecule has 2 aromatic carbocycles. The number of aromatic nitrogens is 2. The number of fused-ring (bicyclic) bond motifs is 1. The number of thiazole rings is 1. The molecular weight excluding hydrogens is 343 g/mol. The first-order chi connectivity index (χ1) is 11.6. The first kappa shape index (κ1) is 15.2. The molecule has 0 N–H and O–H groups in total. The number of nitrogens with zero attached hydrogens (tertiary/aromatic N) is 2. The molecule has 0 spiro atoms. The van der Waals surface area contributed by atoms with Gasteiger partial charge in [-0.05, 0) is 48.4 Å². The Hall–Kier alpha value is -2.30. The van der Waals surface area contributed by atoms with E-state index in [1.807, 2.05) is 36.7 Å². The first-order valence-corrected chi connectivity index (χ1v) is 8.64. The number of pyridine rings is 1. The van der Waals surface area contributed by atoms with E-state index in [9.17, 15) is 4.39 Å². The highest BCUT2D eigenvalue weighted by Crippen LogP contribution is 2.35. The van der Waals surface area contributed by atoms with Gasteiger partial charge in [0, 0.05) is 17.3 Å². The SMILES string of the molecule is Cc1cc(F)c(Cl)cc1-c1ncccc1-c1ccc2ncsc2c1. The highest BCUT2D eigenvalue weighted by molar-refractivity contribution is 7.16. The number of aryl methyl sites for hydroxylation is 1. The second-order valence-electron chi connectivity index (χ2n) is 5.52. The molecule has 0 aliphatic rings. The van der Waals surface area contributed by atoms with Gasteiger partial charge < -0.3 is 0 Å². The van der Waals surface area contributed by atoms with E-state index < -0.39 is 5.82 Å². The third-order valence-corrected chi connectivity index (χ3v) is 5.05. The van der Waals surface area contributed by atoms with Crippen LogP contribution in [0.4, 0.5) is 4.39 Å². The Morgan fingerprint density at radius 1 is 1.04 bits per heavy atom. The Kier molecular flexibility index (Phi) is 3.79.